The summed E-state index contributed by atoms with van der Waals surface area (Å²) in [6.45, 7) is 12.8. The van der Waals surface area contributed by atoms with Crippen molar-refractivity contribution in [3.8, 4) is 45.6 Å². The minimum Gasteiger partial charge on any atom is -0.458 e. The molecule has 0 unspecified atom stereocenters. The van der Waals surface area contributed by atoms with Gasteiger partial charge < -0.3 is 40.2 Å². The number of nitrogens with one attached hydrogen (secondary N) is 6. The number of rotatable bonds is 4. The van der Waals surface area contributed by atoms with Crippen LogP contribution in [0.1, 0.15) is 120 Å². The lowest BCUT2D eigenvalue weighted by Crippen LogP contribution is -2.45. The zero-order chi connectivity index (χ0) is 64.2. The molecule has 5 heterocycles. The van der Waals surface area contributed by atoms with Crippen molar-refractivity contribution in [3.05, 3.63) is 178 Å². The molecule has 24 nitrogen and oxygen atoms in total. The highest BCUT2D eigenvalue weighted by Crippen LogP contribution is 2.29. The number of nitrogens with zero attached hydrogens (tertiary/aromatic N) is 6. The number of cyclic esters (lactones) is 4. The lowest BCUT2D eigenvalue weighted by Gasteiger charge is -2.22. The Labute approximate surface area is 518 Å². The van der Waals surface area contributed by atoms with Crippen LogP contribution in [0, 0.1) is 23.7 Å². The smallest absolute Gasteiger partial charge is 0.329 e. The second-order valence-electron chi connectivity index (χ2n) is 22.6. The topological polar surface area (TPSA) is 331 Å². The van der Waals surface area contributed by atoms with Crippen LogP contribution in [0.25, 0.3) is 45.6 Å². The fraction of sp³-hybridized carbons (Fsp3) is 0.303. The van der Waals surface area contributed by atoms with Gasteiger partial charge in [0.1, 0.15) is 50.6 Å². The molecule has 4 aromatic heterocycles. The number of carbonyl (C=O) groups excluding carboxylic acids is 8. The molecule has 0 spiro atoms. The summed E-state index contributed by atoms with van der Waals surface area (Å²) in [7, 11) is 0. The van der Waals surface area contributed by atoms with Gasteiger partial charge in [-0.3, -0.25) is 39.3 Å². The van der Waals surface area contributed by atoms with Crippen LogP contribution >= 0.6 is 0 Å². The quantitative estimate of drug-likeness (QED) is 0.0726. The van der Waals surface area contributed by atoms with E-state index in [1.807, 2.05) is 0 Å². The third-order valence-electron chi connectivity index (χ3n) is 14.7. The minimum atomic E-state index is -1.12. The van der Waals surface area contributed by atoms with E-state index in [1.165, 1.54) is 0 Å². The number of benzene rings is 4. The number of ether oxygens (including phenoxy) is 4. The van der Waals surface area contributed by atoms with Gasteiger partial charge in [-0.15, -0.1) is 0 Å². The summed E-state index contributed by atoms with van der Waals surface area (Å²) >= 11 is 0. The van der Waals surface area contributed by atoms with Crippen LogP contribution in [0.5, 0.6) is 0 Å². The molecule has 1 aliphatic heterocycles. The molecule has 4 aromatic carbocycles. The molecule has 6 N–H and O–H groups in total. The molecule has 4 amide bonds. The number of hydrogen-bond donors (Lipinski definition) is 6. The normalized spacial score (nSPS) is 18.0. The van der Waals surface area contributed by atoms with Gasteiger partial charge in [0.05, 0.1) is 45.0 Å². The van der Waals surface area contributed by atoms with Crippen LogP contribution in [-0.4, -0.2) is 112 Å². The molecule has 0 saturated carbocycles. The van der Waals surface area contributed by atoms with E-state index in [-0.39, 0.29) is 72.0 Å². The number of fused-ring (bicyclic) bond motifs is 16. The van der Waals surface area contributed by atoms with E-state index < -0.39 is 95.3 Å². The van der Waals surface area contributed by atoms with Crippen molar-refractivity contribution in [3.63, 3.8) is 0 Å². The van der Waals surface area contributed by atoms with E-state index >= 15 is 0 Å². The third-order valence-corrected chi connectivity index (χ3v) is 14.7. The number of aromatic amines is 2. The number of amides is 4. The molecule has 8 aromatic rings. The molecule has 24 heteroatoms. The number of carbonyl (C=O) groups is 8. The summed E-state index contributed by atoms with van der Waals surface area (Å²) < 4.78 is 22.9. The SMILES string of the molecule is CC(C)[C@@H]1NC(=O)c2ccccc2-c2n[nH]c(n2)-c2ccccc2C(=O)N[C@@H](C(C)C)C(=O)OCc2cccc(n2)COC(=O)[C@H](C(C)C)NC(=O)c2ccccc2-c2nc(n[nH]2)-c2ccccc2C(=O)N[C@@H](C(C)C)C(=O)OCc2cccc(n2)COC1=O. The number of H-pyrrole nitrogens is 2. The van der Waals surface area contributed by atoms with Crippen LogP contribution in [-0.2, 0) is 64.6 Å². The van der Waals surface area contributed by atoms with E-state index in [9.17, 15) is 38.4 Å². The molecule has 464 valence electrons. The fourth-order valence-electron chi connectivity index (χ4n) is 9.72. The zero-order valence-corrected chi connectivity index (χ0v) is 50.7. The average molecular weight is 1220 g/mol. The van der Waals surface area contributed by atoms with Gasteiger partial charge in [0.15, 0.2) is 23.3 Å². The first-order valence-corrected chi connectivity index (χ1v) is 29.3. The Balaban J connectivity index is 0.984. The van der Waals surface area contributed by atoms with Crippen molar-refractivity contribution >= 4 is 47.5 Å². The number of pyridine rings is 2. The monoisotopic (exact) mass is 1220 g/mol. The van der Waals surface area contributed by atoms with Crippen LogP contribution in [0.3, 0.4) is 0 Å². The van der Waals surface area contributed by atoms with Gasteiger partial charge in [0.2, 0.25) is 0 Å². The van der Waals surface area contributed by atoms with E-state index in [1.54, 1.807) is 189 Å². The van der Waals surface area contributed by atoms with Gasteiger partial charge in [-0.25, -0.2) is 29.1 Å². The Hall–Kier alpha value is -10.8. The average Bonchev–Trinajstić information content (AvgIpc) is 2.65. The van der Waals surface area contributed by atoms with Gasteiger partial charge in [-0.1, -0.05) is 140 Å². The van der Waals surface area contributed by atoms with E-state index in [2.05, 4.69) is 51.6 Å². The maximum atomic E-state index is 14.1. The van der Waals surface area contributed by atoms with Crippen LogP contribution < -0.4 is 21.3 Å². The molecule has 0 aliphatic carbocycles. The van der Waals surface area contributed by atoms with Gasteiger partial charge in [0.25, 0.3) is 23.6 Å². The first kappa shape index (κ1) is 63.7. The molecule has 0 saturated heterocycles. The van der Waals surface area contributed by atoms with E-state index in [4.69, 9.17) is 28.9 Å². The van der Waals surface area contributed by atoms with Crippen molar-refractivity contribution in [2.45, 2.75) is 106 Å². The lowest BCUT2D eigenvalue weighted by atomic mass is 10.0. The molecular weight excluding hydrogens is 1150 g/mol. The number of esters is 4. The van der Waals surface area contributed by atoms with Gasteiger partial charge in [0, 0.05) is 22.3 Å². The van der Waals surface area contributed by atoms with E-state index in [0.29, 0.717) is 45.0 Å². The van der Waals surface area contributed by atoms with E-state index in [0.717, 1.165) is 0 Å². The maximum absolute atomic E-state index is 14.1. The summed E-state index contributed by atoms with van der Waals surface area (Å²) in [5.74, 6) is -6.61. The van der Waals surface area contributed by atoms with Gasteiger partial charge in [-0.2, -0.15) is 10.2 Å². The largest absolute Gasteiger partial charge is 0.458 e. The maximum Gasteiger partial charge on any atom is 0.329 e. The summed E-state index contributed by atoms with van der Waals surface area (Å²) in [5.41, 5.74) is 3.13. The molecule has 0 fully saturated rings. The highest BCUT2D eigenvalue weighted by Gasteiger charge is 2.33. The highest BCUT2D eigenvalue weighted by atomic mass is 16.5. The van der Waals surface area contributed by atoms with Crippen molar-refractivity contribution < 1.29 is 57.3 Å². The molecule has 4 atom stereocenters. The molecule has 0 radical (unpaired) electrons. The van der Waals surface area contributed by atoms with Crippen LogP contribution in [0.2, 0.25) is 0 Å². The fourth-order valence-corrected chi connectivity index (χ4v) is 9.72. The molecular formula is C66H68N12O12. The van der Waals surface area contributed by atoms with Gasteiger partial charge >= 0.3 is 23.9 Å². The summed E-state index contributed by atoms with van der Waals surface area (Å²) in [4.78, 5) is 130. The molecule has 1 aliphatic rings. The minimum absolute atomic E-state index is 0.105. The standard InChI is InChI=1S/C66H68N12O12/c1-35(2)51-63(83)87-31-39-19-17-20-40(67-39)32-88-64(84)52(36(3)4)70-61(81)49-29-15-11-25-45(49)57-74-58(78-77-57)46-26-12-16-30-50(46)62(82)72-54(38(7)8)66(86)90-34-42-22-18-21-41(68-42)33-89-65(85)53(37(5)6)71-60(80)48-28-14-10-24-44(48)56-73-55(75-76-56)43-23-9-13-27-47(43)59(79)69-51/h9-30,35-38,51-54H,31-34H2,1-8H3,(H,69,79)(H,70,81)(H,71,80)(H,72,82)(H,73,75,76)(H,74,77,78)/t51-,52-,53-,54-/m0/s1. The van der Waals surface area contributed by atoms with Crippen LogP contribution in [0.4, 0.5) is 0 Å². The second kappa shape index (κ2) is 28.8. The van der Waals surface area contributed by atoms with Crippen molar-refractivity contribution in [2.75, 3.05) is 0 Å². The Morgan fingerprint density at radius 3 is 0.800 bits per heavy atom. The second-order valence-corrected chi connectivity index (χ2v) is 22.6. The Morgan fingerprint density at radius 2 is 0.544 bits per heavy atom. The van der Waals surface area contributed by atoms with Crippen molar-refractivity contribution in [2.24, 2.45) is 23.7 Å². The lowest BCUT2D eigenvalue weighted by molar-refractivity contribution is -0.149. The predicted octanol–water partition coefficient (Wildman–Crippen LogP) is 7.69. The van der Waals surface area contributed by atoms with Crippen molar-refractivity contribution in [1.82, 2.24) is 61.6 Å². The molecule has 90 heavy (non-hydrogen) atoms. The molecule has 9 rings (SSSR count). The summed E-state index contributed by atoms with van der Waals surface area (Å²) in [5, 5.41) is 25.8. The van der Waals surface area contributed by atoms with Crippen LogP contribution in [0.15, 0.2) is 133 Å². The Morgan fingerprint density at radius 1 is 0.311 bits per heavy atom. The van der Waals surface area contributed by atoms with Gasteiger partial charge in [-0.05, 0) is 72.2 Å². The zero-order valence-electron chi connectivity index (χ0n) is 50.7. The Kier molecular flexibility index (Phi) is 20.4. The third kappa shape index (κ3) is 15.3. The summed E-state index contributed by atoms with van der Waals surface area (Å²) in [6, 6.07) is 31.5. The highest BCUT2D eigenvalue weighted by molar-refractivity contribution is 6.05. The first-order valence-electron chi connectivity index (χ1n) is 29.3. The number of hydrogen-bond acceptors (Lipinski definition) is 18. The van der Waals surface area contributed by atoms with Crippen molar-refractivity contribution in [1.29, 1.82) is 0 Å². The predicted molar refractivity (Wildman–Crippen MR) is 327 cm³/mol. The number of aromatic nitrogens is 8. The first-order chi connectivity index (χ1) is 43.2. The molecule has 8 bridgehead atoms. The Bertz CT molecular complexity index is 3480. The summed E-state index contributed by atoms with van der Waals surface area (Å²) in [6.07, 6.45) is 0.